The van der Waals surface area contributed by atoms with Gasteiger partial charge in [-0.05, 0) is 48.5 Å². The van der Waals surface area contributed by atoms with Crippen molar-refractivity contribution >= 4 is 72.9 Å². The Labute approximate surface area is 299 Å². The summed E-state index contributed by atoms with van der Waals surface area (Å²) >= 11 is 11.8. The zero-order chi connectivity index (χ0) is 31.1. The van der Waals surface area contributed by atoms with E-state index in [0.717, 1.165) is 22.5 Å². The zero-order valence-electron chi connectivity index (χ0n) is 23.2. The van der Waals surface area contributed by atoms with Gasteiger partial charge in [-0.15, -0.1) is 0 Å². The number of carboxylic acid groups (broad SMARTS) is 2. The predicted molar refractivity (Wildman–Crippen MR) is 179 cm³/mol. The molecule has 0 saturated carbocycles. The van der Waals surface area contributed by atoms with Crippen LogP contribution < -0.4 is 0 Å². The van der Waals surface area contributed by atoms with Crippen LogP contribution in [0.5, 0.6) is 0 Å². The first kappa shape index (κ1) is 34.0. The van der Waals surface area contributed by atoms with Crippen LogP contribution in [-0.4, -0.2) is 79.5 Å². The molecule has 4 aromatic carbocycles. The molecular formula is C34H28CaCl2N4O4. The SMILES string of the molecule is O=C(O)Cc1cn(-c2ccccc2)nc1-c1ccc(Cl)cc1.O=C(O)Cc1cn(-c2ccccc2)nc1-c1ccc(Cl)cc1.[CaH2]. The van der Waals surface area contributed by atoms with E-state index in [-0.39, 0.29) is 50.6 Å². The Balaban J connectivity index is 0.000000200. The van der Waals surface area contributed by atoms with Gasteiger partial charge < -0.3 is 10.2 Å². The van der Waals surface area contributed by atoms with Gasteiger partial charge >= 0.3 is 49.7 Å². The number of aromatic nitrogens is 4. The van der Waals surface area contributed by atoms with E-state index in [1.54, 1.807) is 46.0 Å². The molecule has 0 atom stereocenters. The molecule has 0 aliphatic heterocycles. The fourth-order valence-corrected chi connectivity index (χ4v) is 4.78. The number of rotatable bonds is 8. The molecule has 2 N–H and O–H groups in total. The number of halogens is 2. The third-order valence-corrected chi connectivity index (χ3v) is 7.04. The van der Waals surface area contributed by atoms with Crippen molar-refractivity contribution in [3.63, 3.8) is 0 Å². The molecular weight excluding hydrogens is 639 g/mol. The van der Waals surface area contributed by atoms with Crippen LogP contribution in [0.15, 0.2) is 122 Å². The van der Waals surface area contributed by atoms with Crippen molar-refractivity contribution < 1.29 is 19.8 Å². The fourth-order valence-electron chi connectivity index (χ4n) is 4.53. The molecule has 45 heavy (non-hydrogen) atoms. The molecule has 8 nitrogen and oxygen atoms in total. The van der Waals surface area contributed by atoms with Crippen LogP contribution in [0.25, 0.3) is 33.9 Å². The average Bonchev–Trinajstić information content (AvgIpc) is 3.63. The maximum absolute atomic E-state index is 11.1. The number of hydrogen-bond donors (Lipinski definition) is 2. The predicted octanol–water partition coefficient (Wildman–Crippen LogP) is 6.72. The van der Waals surface area contributed by atoms with Crippen molar-refractivity contribution in [3.05, 3.63) is 143 Å². The first-order chi connectivity index (χ1) is 21.3. The van der Waals surface area contributed by atoms with Gasteiger partial charge in [0.15, 0.2) is 0 Å². The zero-order valence-corrected chi connectivity index (χ0v) is 24.7. The van der Waals surface area contributed by atoms with Crippen LogP contribution in [-0.2, 0) is 22.4 Å². The fraction of sp³-hybridized carbons (Fsp3) is 0.0588. The van der Waals surface area contributed by atoms with Crippen LogP contribution in [0, 0.1) is 0 Å². The molecule has 0 amide bonds. The van der Waals surface area contributed by atoms with Gasteiger partial charge in [-0.2, -0.15) is 10.2 Å². The molecule has 0 aliphatic carbocycles. The summed E-state index contributed by atoms with van der Waals surface area (Å²) in [4.78, 5) is 22.2. The van der Waals surface area contributed by atoms with E-state index in [4.69, 9.17) is 33.4 Å². The Kier molecular flexibility index (Phi) is 12.0. The van der Waals surface area contributed by atoms with E-state index < -0.39 is 11.9 Å². The van der Waals surface area contributed by atoms with Crippen molar-refractivity contribution in [2.75, 3.05) is 0 Å². The van der Waals surface area contributed by atoms with E-state index in [9.17, 15) is 9.59 Å². The molecule has 2 heterocycles. The Hall–Kier alpha value is -3.92. The molecule has 0 fully saturated rings. The van der Waals surface area contributed by atoms with Crippen molar-refractivity contribution in [2.45, 2.75) is 12.8 Å². The van der Waals surface area contributed by atoms with Gasteiger partial charge in [0.1, 0.15) is 0 Å². The minimum absolute atomic E-state index is 0. The van der Waals surface area contributed by atoms with Crippen molar-refractivity contribution in [3.8, 4) is 33.9 Å². The Morgan fingerprint density at radius 3 is 1.20 bits per heavy atom. The van der Waals surface area contributed by atoms with E-state index >= 15 is 0 Å². The summed E-state index contributed by atoms with van der Waals surface area (Å²) < 4.78 is 3.39. The van der Waals surface area contributed by atoms with Crippen molar-refractivity contribution in [1.29, 1.82) is 0 Å². The van der Waals surface area contributed by atoms with Gasteiger partial charge in [0.05, 0.1) is 35.6 Å². The van der Waals surface area contributed by atoms with Crippen LogP contribution in [0.4, 0.5) is 0 Å². The van der Waals surface area contributed by atoms with Gasteiger partial charge in [0, 0.05) is 44.7 Å². The number of nitrogens with zero attached hydrogens (tertiary/aromatic N) is 4. The number of para-hydroxylation sites is 2. The third-order valence-electron chi connectivity index (χ3n) is 6.54. The number of carboxylic acids is 2. The molecule has 2 aromatic heterocycles. The normalized spacial score (nSPS) is 10.4. The van der Waals surface area contributed by atoms with Gasteiger partial charge in [0.25, 0.3) is 0 Å². The molecule has 0 radical (unpaired) electrons. The van der Waals surface area contributed by atoms with E-state index in [1.165, 1.54) is 0 Å². The quantitative estimate of drug-likeness (QED) is 0.175. The van der Waals surface area contributed by atoms with Crippen LogP contribution >= 0.6 is 23.2 Å². The summed E-state index contributed by atoms with van der Waals surface area (Å²) in [5, 5.41) is 28.6. The van der Waals surface area contributed by atoms with E-state index in [1.807, 2.05) is 84.9 Å². The summed E-state index contributed by atoms with van der Waals surface area (Å²) in [5.74, 6) is -1.77. The van der Waals surface area contributed by atoms with Crippen molar-refractivity contribution in [2.24, 2.45) is 0 Å². The van der Waals surface area contributed by atoms with Crippen LogP contribution in [0.2, 0.25) is 10.0 Å². The second-order valence-electron chi connectivity index (χ2n) is 9.72. The van der Waals surface area contributed by atoms with Gasteiger partial charge in [-0.3, -0.25) is 9.59 Å². The standard InChI is InChI=1S/2C17H13ClN2O2.Ca.2H/c2*18-14-8-6-12(7-9-14)17-13(10-16(21)22)11-20(19-17)15-4-2-1-3-5-15;;;/h2*1-9,11H,10H2,(H,21,22);;;. The maximum atomic E-state index is 11.1. The molecule has 0 aliphatic rings. The topological polar surface area (TPSA) is 110 Å². The van der Waals surface area contributed by atoms with E-state index in [2.05, 4.69) is 10.2 Å². The second kappa shape index (κ2) is 15.9. The molecule has 0 unspecified atom stereocenters. The minimum atomic E-state index is -0.886. The van der Waals surface area contributed by atoms with Gasteiger partial charge in [0.2, 0.25) is 0 Å². The molecule has 0 bridgehead atoms. The second-order valence-corrected chi connectivity index (χ2v) is 10.6. The van der Waals surface area contributed by atoms with Crippen LogP contribution in [0.1, 0.15) is 11.1 Å². The Bertz CT molecular complexity index is 1740. The molecule has 11 heteroatoms. The number of carbonyl (C=O) groups is 2. The number of hydrogen-bond acceptors (Lipinski definition) is 4. The Morgan fingerprint density at radius 1 is 0.556 bits per heavy atom. The van der Waals surface area contributed by atoms with E-state index in [0.29, 0.717) is 32.6 Å². The summed E-state index contributed by atoms with van der Waals surface area (Å²) in [6, 6.07) is 33.6. The monoisotopic (exact) mass is 666 g/mol. The van der Waals surface area contributed by atoms with Gasteiger partial charge in [-0.1, -0.05) is 83.9 Å². The summed E-state index contributed by atoms with van der Waals surface area (Å²) in [7, 11) is 0. The number of benzene rings is 4. The third kappa shape index (κ3) is 9.06. The first-order valence-corrected chi connectivity index (χ1v) is 14.3. The molecule has 6 rings (SSSR count). The molecule has 0 spiro atoms. The molecule has 6 aromatic rings. The average molecular weight is 668 g/mol. The first-order valence-electron chi connectivity index (χ1n) is 13.5. The summed E-state index contributed by atoms with van der Waals surface area (Å²) in [5.41, 5.74) is 6.09. The summed E-state index contributed by atoms with van der Waals surface area (Å²) in [6.07, 6.45) is 3.36. The molecule has 0 saturated heterocycles. The Morgan fingerprint density at radius 2 is 0.889 bits per heavy atom. The molecule has 224 valence electrons. The summed E-state index contributed by atoms with van der Waals surface area (Å²) in [6.45, 7) is 0. The van der Waals surface area contributed by atoms with Gasteiger partial charge in [-0.25, -0.2) is 9.36 Å². The van der Waals surface area contributed by atoms with Crippen LogP contribution in [0.3, 0.4) is 0 Å². The number of aliphatic carboxylic acids is 2. The van der Waals surface area contributed by atoms with Crippen molar-refractivity contribution in [1.82, 2.24) is 19.6 Å².